The van der Waals surface area contributed by atoms with Crippen molar-refractivity contribution in [3.63, 3.8) is 0 Å². The Morgan fingerprint density at radius 3 is 2.60 bits per heavy atom. The number of nitrogens with zero attached hydrogens (tertiary/aromatic N) is 1. The number of aromatic amines is 1. The molecule has 0 aliphatic carbocycles. The van der Waals surface area contributed by atoms with E-state index in [-0.39, 0.29) is 0 Å². The van der Waals surface area contributed by atoms with Gasteiger partial charge in [-0.3, -0.25) is 0 Å². The van der Waals surface area contributed by atoms with Gasteiger partial charge in [0, 0.05) is 22.7 Å². The Kier molecular flexibility index (Phi) is 4.24. The van der Waals surface area contributed by atoms with Crippen molar-refractivity contribution in [2.45, 2.75) is 13.3 Å². The summed E-state index contributed by atoms with van der Waals surface area (Å²) in [4.78, 5) is 8.18. The highest BCUT2D eigenvalue weighted by Crippen LogP contribution is 2.31. The van der Waals surface area contributed by atoms with Crippen LogP contribution in [-0.4, -0.2) is 9.97 Å². The number of aromatic nitrogens is 2. The van der Waals surface area contributed by atoms with Crippen molar-refractivity contribution in [2.75, 3.05) is 0 Å². The van der Waals surface area contributed by atoms with Gasteiger partial charge < -0.3 is 4.98 Å². The average molecular weight is 367 g/mol. The van der Waals surface area contributed by atoms with E-state index in [2.05, 4.69) is 47.4 Å². The summed E-state index contributed by atoms with van der Waals surface area (Å²) >= 11 is 12.3. The number of fused-ring (bicyclic) bond motifs is 1. The van der Waals surface area contributed by atoms with Crippen LogP contribution in [0, 0.1) is 6.92 Å². The molecule has 2 nitrogen and oxygen atoms in total. The minimum Gasteiger partial charge on any atom is -0.345 e. The van der Waals surface area contributed by atoms with Crippen LogP contribution in [-0.2, 0) is 6.42 Å². The molecule has 0 saturated heterocycles. The van der Waals surface area contributed by atoms with Gasteiger partial charge in [0.2, 0.25) is 0 Å². The minimum atomic E-state index is 0.610. The van der Waals surface area contributed by atoms with Crippen LogP contribution in [0.5, 0.6) is 0 Å². The maximum Gasteiger partial charge on any atom is 0.111 e. The van der Waals surface area contributed by atoms with E-state index in [1.165, 1.54) is 16.3 Å². The van der Waals surface area contributed by atoms with E-state index in [9.17, 15) is 0 Å². The number of hydrogen-bond donors (Lipinski definition) is 1. The molecule has 0 radical (unpaired) electrons. The average Bonchev–Trinajstić information content (AvgIpc) is 2.95. The molecule has 0 amide bonds. The van der Waals surface area contributed by atoms with Crippen LogP contribution >= 0.6 is 23.2 Å². The Morgan fingerprint density at radius 2 is 1.76 bits per heavy atom. The monoisotopic (exact) mass is 366 g/mol. The lowest BCUT2D eigenvalue weighted by Crippen LogP contribution is -1.92. The second-order valence-corrected chi connectivity index (χ2v) is 6.94. The summed E-state index contributed by atoms with van der Waals surface area (Å²) in [6, 6.07) is 20.3. The van der Waals surface area contributed by atoms with Crippen molar-refractivity contribution in [1.29, 1.82) is 0 Å². The summed E-state index contributed by atoms with van der Waals surface area (Å²) in [6.07, 6.45) is 0.743. The molecule has 0 spiro atoms. The molecule has 0 bridgehead atoms. The summed E-state index contributed by atoms with van der Waals surface area (Å²) < 4.78 is 0. The summed E-state index contributed by atoms with van der Waals surface area (Å²) in [7, 11) is 0. The molecule has 4 aromatic rings. The Balaban J connectivity index is 1.73. The SMILES string of the molecule is Cc1[nH]c(Cc2cccc3ccccc23)nc1-c1ccc(Cl)cc1Cl. The second-order valence-electron chi connectivity index (χ2n) is 6.10. The van der Waals surface area contributed by atoms with Crippen molar-refractivity contribution >= 4 is 34.0 Å². The van der Waals surface area contributed by atoms with Gasteiger partial charge in [-0.2, -0.15) is 0 Å². The molecule has 0 fully saturated rings. The fourth-order valence-electron chi connectivity index (χ4n) is 3.18. The van der Waals surface area contributed by atoms with Crippen LogP contribution in [0.2, 0.25) is 10.0 Å². The van der Waals surface area contributed by atoms with Crippen molar-refractivity contribution in [1.82, 2.24) is 9.97 Å². The number of nitrogens with one attached hydrogen (secondary N) is 1. The van der Waals surface area contributed by atoms with E-state index >= 15 is 0 Å². The number of H-pyrrole nitrogens is 1. The topological polar surface area (TPSA) is 28.7 Å². The number of imidazole rings is 1. The van der Waals surface area contributed by atoms with E-state index in [4.69, 9.17) is 28.2 Å². The van der Waals surface area contributed by atoms with Crippen molar-refractivity contribution < 1.29 is 0 Å². The third-order valence-electron chi connectivity index (χ3n) is 4.36. The summed E-state index contributed by atoms with van der Waals surface area (Å²) in [5.41, 5.74) is 4.01. The zero-order valence-corrected chi connectivity index (χ0v) is 15.2. The highest BCUT2D eigenvalue weighted by Gasteiger charge is 2.13. The standard InChI is InChI=1S/C21H16Cl2N2/c1-13-21(18-10-9-16(22)12-19(18)23)25-20(24-13)11-15-7-4-6-14-5-2-3-8-17(14)15/h2-10,12H,11H2,1H3,(H,24,25). The minimum absolute atomic E-state index is 0.610. The zero-order valence-electron chi connectivity index (χ0n) is 13.7. The second kappa shape index (κ2) is 6.55. The van der Waals surface area contributed by atoms with E-state index in [1.54, 1.807) is 6.07 Å². The molecular formula is C21H16Cl2N2. The molecule has 25 heavy (non-hydrogen) atoms. The molecule has 0 atom stereocenters. The predicted octanol–water partition coefficient (Wildman–Crippen LogP) is 6.44. The first-order valence-corrected chi connectivity index (χ1v) is 8.85. The Morgan fingerprint density at radius 1 is 0.960 bits per heavy atom. The predicted molar refractivity (Wildman–Crippen MR) is 106 cm³/mol. The van der Waals surface area contributed by atoms with Crippen LogP contribution in [0.4, 0.5) is 0 Å². The quantitative estimate of drug-likeness (QED) is 0.444. The highest BCUT2D eigenvalue weighted by atomic mass is 35.5. The van der Waals surface area contributed by atoms with Crippen molar-refractivity contribution in [2.24, 2.45) is 0 Å². The molecular weight excluding hydrogens is 351 g/mol. The molecule has 3 aromatic carbocycles. The number of halogens is 2. The molecule has 0 saturated carbocycles. The lowest BCUT2D eigenvalue weighted by molar-refractivity contribution is 1.02. The first-order valence-electron chi connectivity index (χ1n) is 8.09. The van der Waals surface area contributed by atoms with Gasteiger partial charge in [0.05, 0.1) is 10.7 Å². The van der Waals surface area contributed by atoms with Crippen molar-refractivity contribution in [3.8, 4) is 11.3 Å². The van der Waals surface area contributed by atoms with Gasteiger partial charge in [0.15, 0.2) is 0 Å². The molecule has 1 heterocycles. The molecule has 4 heteroatoms. The first-order chi connectivity index (χ1) is 12.1. The maximum absolute atomic E-state index is 6.35. The maximum atomic E-state index is 6.35. The molecule has 1 aromatic heterocycles. The van der Waals surface area contributed by atoms with E-state index in [1.807, 2.05) is 19.1 Å². The molecule has 1 N–H and O–H groups in total. The number of rotatable bonds is 3. The van der Waals surface area contributed by atoms with Crippen LogP contribution in [0.1, 0.15) is 17.1 Å². The summed E-state index contributed by atoms with van der Waals surface area (Å²) in [6.45, 7) is 2.01. The van der Waals surface area contributed by atoms with Crippen LogP contribution in [0.15, 0.2) is 60.7 Å². The number of benzene rings is 3. The van der Waals surface area contributed by atoms with Crippen LogP contribution in [0.3, 0.4) is 0 Å². The van der Waals surface area contributed by atoms with Gasteiger partial charge in [0.25, 0.3) is 0 Å². The normalized spacial score (nSPS) is 11.2. The molecule has 124 valence electrons. The molecule has 0 aliphatic rings. The van der Waals surface area contributed by atoms with E-state index in [0.29, 0.717) is 10.0 Å². The van der Waals surface area contributed by atoms with E-state index in [0.717, 1.165) is 29.2 Å². The summed E-state index contributed by atoms with van der Waals surface area (Å²) in [5.74, 6) is 0.926. The van der Waals surface area contributed by atoms with E-state index < -0.39 is 0 Å². The summed E-state index contributed by atoms with van der Waals surface area (Å²) in [5, 5.41) is 3.73. The van der Waals surface area contributed by atoms with Crippen LogP contribution < -0.4 is 0 Å². The van der Waals surface area contributed by atoms with Crippen LogP contribution in [0.25, 0.3) is 22.0 Å². The lowest BCUT2D eigenvalue weighted by Gasteiger charge is -2.04. The Bertz CT molecular complexity index is 1060. The van der Waals surface area contributed by atoms with Gasteiger partial charge >= 0.3 is 0 Å². The largest absolute Gasteiger partial charge is 0.345 e. The number of aryl methyl sites for hydroxylation is 1. The van der Waals surface area contributed by atoms with Crippen molar-refractivity contribution in [3.05, 3.63) is 87.8 Å². The Hall–Kier alpha value is -2.29. The highest BCUT2D eigenvalue weighted by molar-refractivity contribution is 6.36. The van der Waals surface area contributed by atoms with Gasteiger partial charge in [0.1, 0.15) is 5.82 Å². The number of hydrogen-bond acceptors (Lipinski definition) is 1. The smallest absolute Gasteiger partial charge is 0.111 e. The lowest BCUT2D eigenvalue weighted by atomic mass is 10.0. The third kappa shape index (κ3) is 3.15. The molecule has 0 unspecified atom stereocenters. The van der Waals surface area contributed by atoms with Gasteiger partial charge in [-0.25, -0.2) is 4.98 Å². The zero-order chi connectivity index (χ0) is 17.4. The molecule has 4 rings (SSSR count). The molecule has 0 aliphatic heterocycles. The first kappa shape index (κ1) is 16.2. The fourth-order valence-corrected chi connectivity index (χ4v) is 3.67. The third-order valence-corrected chi connectivity index (χ3v) is 4.91. The van der Waals surface area contributed by atoms with Gasteiger partial charge in [-0.15, -0.1) is 0 Å². The Labute approximate surface area is 156 Å². The van der Waals surface area contributed by atoms with Gasteiger partial charge in [-0.05, 0) is 41.5 Å². The van der Waals surface area contributed by atoms with Gasteiger partial charge in [-0.1, -0.05) is 65.7 Å². The fraction of sp³-hybridized carbons (Fsp3) is 0.0952.